The van der Waals surface area contributed by atoms with Crippen molar-refractivity contribution in [3.05, 3.63) is 15.5 Å². The fraction of sp³-hybridized carbons (Fsp3) is 0.250. The Balaban J connectivity index is 0.000001000. The minimum Gasteiger partial charge on any atom is -0.220 e. The van der Waals surface area contributed by atoms with E-state index in [1.807, 2.05) is 0 Å². The third-order valence-corrected chi connectivity index (χ3v) is 1.75. The first-order valence-electron chi connectivity index (χ1n) is 2.18. The molecule has 1 nitrogen and oxygen atoms in total. The fourth-order valence-electron chi connectivity index (χ4n) is 0.382. The molecule has 0 aliphatic carbocycles. The van der Waals surface area contributed by atoms with Crippen molar-refractivity contribution in [2.24, 2.45) is 0 Å². The minimum atomic E-state index is -4.37. The van der Waals surface area contributed by atoms with Gasteiger partial charge in [-0.25, -0.2) is 4.98 Å². The zero-order chi connectivity index (χ0) is 7.78. The quantitative estimate of drug-likeness (QED) is 0.659. The van der Waals surface area contributed by atoms with E-state index >= 15 is 0 Å². The van der Waals surface area contributed by atoms with Crippen LogP contribution in [0.1, 0.15) is 5.69 Å². The molecule has 1 aromatic rings. The molecule has 0 aliphatic rings. The lowest BCUT2D eigenvalue weighted by Crippen LogP contribution is -2.04. The molecule has 0 aromatic carbocycles. The van der Waals surface area contributed by atoms with Gasteiger partial charge in [-0.1, -0.05) is 11.6 Å². The summed E-state index contributed by atoms with van der Waals surface area (Å²) >= 11 is 5.94. The van der Waals surface area contributed by atoms with Crippen LogP contribution in [-0.4, -0.2) is 4.98 Å². The van der Waals surface area contributed by atoms with Gasteiger partial charge in [-0.15, -0.1) is 23.7 Å². The molecule has 0 aliphatic heterocycles. The van der Waals surface area contributed by atoms with Crippen molar-refractivity contribution >= 4 is 35.3 Å². The Hall–Kier alpha value is -0.0000000000000000833. The highest BCUT2D eigenvalue weighted by Crippen LogP contribution is 2.31. The molecular weight excluding hydrogens is 222 g/mol. The molecule has 1 rings (SSSR count). The fourth-order valence-corrected chi connectivity index (χ4v) is 1.15. The first kappa shape index (κ1) is 11.0. The number of alkyl halides is 3. The van der Waals surface area contributed by atoms with Crippen LogP contribution in [0.15, 0.2) is 5.38 Å². The smallest absolute Gasteiger partial charge is 0.220 e. The summed E-state index contributed by atoms with van der Waals surface area (Å²) in [5.41, 5.74) is -0.928. The van der Waals surface area contributed by atoms with Crippen molar-refractivity contribution in [1.82, 2.24) is 4.98 Å². The number of aromatic nitrogens is 1. The van der Waals surface area contributed by atoms with E-state index in [0.29, 0.717) is 0 Å². The third kappa shape index (κ3) is 2.84. The number of halogens is 5. The molecule has 0 N–H and O–H groups in total. The van der Waals surface area contributed by atoms with Gasteiger partial charge in [-0.2, -0.15) is 13.2 Å². The molecular formula is C4H2Cl2F3NS. The van der Waals surface area contributed by atoms with Crippen molar-refractivity contribution in [2.45, 2.75) is 6.18 Å². The normalized spacial score (nSPS) is 10.9. The average Bonchev–Trinajstić information content (AvgIpc) is 2.11. The number of hydrogen-bond acceptors (Lipinski definition) is 2. The van der Waals surface area contributed by atoms with Crippen molar-refractivity contribution in [3.8, 4) is 0 Å². The molecule has 0 saturated heterocycles. The van der Waals surface area contributed by atoms with E-state index in [2.05, 4.69) is 4.98 Å². The van der Waals surface area contributed by atoms with Crippen LogP contribution in [0.25, 0.3) is 0 Å². The van der Waals surface area contributed by atoms with Crippen molar-refractivity contribution in [2.75, 3.05) is 0 Å². The van der Waals surface area contributed by atoms with E-state index in [4.69, 9.17) is 11.6 Å². The van der Waals surface area contributed by atoms with Gasteiger partial charge < -0.3 is 0 Å². The van der Waals surface area contributed by atoms with Crippen LogP contribution in [0.2, 0.25) is 4.47 Å². The van der Waals surface area contributed by atoms with Crippen LogP contribution in [-0.2, 0) is 6.18 Å². The number of hydrogen-bond donors (Lipinski definition) is 0. The molecule has 7 heteroatoms. The van der Waals surface area contributed by atoms with Gasteiger partial charge in [-0.05, 0) is 0 Å². The van der Waals surface area contributed by atoms with Gasteiger partial charge in [0.2, 0.25) is 0 Å². The number of thiazole rings is 1. The van der Waals surface area contributed by atoms with E-state index in [9.17, 15) is 13.2 Å². The predicted molar refractivity (Wildman–Crippen MR) is 39.4 cm³/mol. The largest absolute Gasteiger partial charge is 0.434 e. The summed E-state index contributed by atoms with van der Waals surface area (Å²) in [6.45, 7) is 0. The van der Waals surface area contributed by atoms with Crippen LogP contribution in [0, 0.1) is 0 Å². The molecule has 1 heterocycles. The van der Waals surface area contributed by atoms with Gasteiger partial charge in [0.05, 0.1) is 0 Å². The Morgan fingerprint density at radius 2 is 2.00 bits per heavy atom. The second-order valence-corrected chi connectivity index (χ2v) is 2.92. The van der Waals surface area contributed by atoms with Crippen molar-refractivity contribution in [3.63, 3.8) is 0 Å². The molecule has 0 amide bonds. The molecule has 1 aromatic heterocycles. The second-order valence-electron chi connectivity index (χ2n) is 1.48. The molecule has 64 valence electrons. The summed E-state index contributed by atoms with van der Waals surface area (Å²) in [7, 11) is 0. The standard InChI is InChI=1S/C4HClF3NS.ClH/c5-3-9-2(1-10-3)4(6,7)8;/h1H;1H. The van der Waals surface area contributed by atoms with Gasteiger partial charge in [0.15, 0.2) is 10.2 Å². The maximum absolute atomic E-state index is 11.7. The first-order chi connectivity index (χ1) is 4.50. The van der Waals surface area contributed by atoms with E-state index in [0.717, 1.165) is 16.7 Å². The van der Waals surface area contributed by atoms with Gasteiger partial charge >= 0.3 is 6.18 Å². The zero-order valence-electron chi connectivity index (χ0n) is 4.85. The summed E-state index contributed by atoms with van der Waals surface area (Å²) in [5, 5.41) is 0.877. The third-order valence-electron chi connectivity index (χ3n) is 0.767. The minimum absolute atomic E-state index is 0. The molecule has 11 heavy (non-hydrogen) atoms. The van der Waals surface area contributed by atoms with E-state index in [1.165, 1.54) is 0 Å². The molecule has 0 unspecified atom stereocenters. The highest BCUT2D eigenvalue weighted by atomic mass is 35.5. The highest BCUT2D eigenvalue weighted by Gasteiger charge is 2.33. The first-order valence-corrected chi connectivity index (χ1v) is 3.44. The van der Waals surface area contributed by atoms with E-state index in [-0.39, 0.29) is 16.9 Å². The molecule has 0 radical (unpaired) electrons. The second kappa shape index (κ2) is 3.60. The monoisotopic (exact) mass is 223 g/mol. The number of nitrogens with zero attached hydrogens (tertiary/aromatic N) is 1. The highest BCUT2D eigenvalue weighted by molar-refractivity contribution is 7.13. The summed E-state index contributed by atoms with van der Waals surface area (Å²) in [4.78, 5) is 3.04. The molecule has 0 spiro atoms. The predicted octanol–water partition coefficient (Wildman–Crippen LogP) is 3.24. The van der Waals surface area contributed by atoms with Crippen molar-refractivity contribution in [1.29, 1.82) is 0 Å². The lowest BCUT2D eigenvalue weighted by atomic mass is 10.5. The average molecular weight is 224 g/mol. The summed E-state index contributed by atoms with van der Waals surface area (Å²) < 4.78 is 35.0. The maximum Gasteiger partial charge on any atom is 0.434 e. The van der Waals surface area contributed by atoms with Crippen LogP contribution in [0.5, 0.6) is 0 Å². The maximum atomic E-state index is 11.7. The van der Waals surface area contributed by atoms with Crippen molar-refractivity contribution < 1.29 is 13.2 Å². The van der Waals surface area contributed by atoms with Gasteiger partial charge in [0, 0.05) is 5.38 Å². The Labute approximate surface area is 75.6 Å². The molecule has 0 bridgehead atoms. The van der Waals surface area contributed by atoms with Gasteiger partial charge in [0.25, 0.3) is 0 Å². The van der Waals surface area contributed by atoms with Gasteiger partial charge in [-0.3, -0.25) is 0 Å². The molecule has 0 atom stereocenters. The zero-order valence-corrected chi connectivity index (χ0v) is 7.24. The summed E-state index contributed by atoms with van der Waals surface area (Å²) in [6, 6.07) is 0. The summed E-state index contributed by atoms with van der Waals surface area (Å²) in [6.07, 6.45) is -4.37. The lowest BCUT2D eigenvalue weighted by molar-refractivity contribution is -0.140. The van der Waals surface area contributed by atoms with Crippen LogP contribution < -0.4 is 0 Å². The van der Waals surface area contributed by atoms with Gasteiger partial charge in [0.1, 0.15) is 0 Å². The lowest BCUT2D eigenvalue weighted by Gasteiger charge is -1.98. The topological polar surface area (TPSA) is 12.9 Å². The van der Waals surface area contributed by atoms with Crippen LogP contribution >= 0.6 is 35.3 Å². The van der Waals surface area contributed by atoms with E-state index in [1.54, 1.807) is 0 Å². The Bertz CT molecular complexity index is 233. The van der Waals surface area contributed by atoms with E-state index < -0.39 is 11.9 Å². The Kier molecular flexibility index (Phi) is 3.60. The number of rotatable bonds is 0. The summed E-state index contributed by atoms with van der Waals surface area (Å²) in [5.74, 6) is 0. The molecule has 0 saturated carbocycles. The molecule has 0 fully saturated rings. The SMILES string of the molecule is Cl.FC(F)(F)c1csc(Cl)n1. The van der Waals surface area contributed by atoms with Crippen LogP contribution in [0.3, 0.4) is 0 Å². The van der Waals surface area contributed by atoms with Crippen LogP contribution in [0.4, 0.5) is 13.2 Å². The Morgan fingerprint density at radius 1 is 1.45 bits per heavy atom. The Morgan fingerprint density at radius 3 is 2.18 bits per heavy atom.